The number of esters is 1. The summed E-state index contributed by atoms with van der Waals surface area (Å²) in [5, 5.41) is 8.43. The second-order valence-corrected chi connectivity index (χ2v) is 17.4. The third kappa shape index (κ3) is 10.5. The summed E-state index contributed by atoms with van der Waals surface area (Å²) in [4.78, 5) is 99.2. The van der Waals surface area contributed by atoms with Gasteiger partial charge < -0.3 is 30.2 Å². The van der Waals surface area contributed by atoms with Gasteiger partial charge in [-0.3, -0.25) is 34.1 Å². The van der Waals surface area contributed by atoms with E-state index in [2.05, 4.69) is 32.8 Å². The van der Waals surface area contributed by atoms with E-state index >= 15 is 0 Å². The average Bonchev–Trinajstić information content (AvgIpc) is 3.80. The van der Waals surface area contributed by atoms with Crippen molar-refractivity contribution in [1.82, 2.24) is 25.4 Å². The molecule has 0 radical (unpaired) electrons. The van der Waals surface area contributed by atoms with Gasteiger partial charge in [0.05, 0.1) is 6.61 Å². The largest absolute Gasteiger partial charge is 0.461 e. The summed E-state index contributed by atoms with van der Waals surface area (Å²) in [6.45, 7) is 6.03. The maximum atomic E-state index is 15.0. The van der Waals surface area contributed by atoms with Crippen LogP contribution in [-0.2, 0) is 37.0 Å². The van der Waals surface area contributed by atoms with Crippen molar-refractivity contribution in [1.29, 1.82) is 0 Å². The molecule has 6 amide bonds. The second-order valence-electron chi connectivity index (χ2n) is 16.9. The molecule has 67 heavy (non-hydrogen) atoms. The molecule has 1 fully saturated rings. The van der Waals surface area contributed by atoms with Crippen LogP contribution < -0.4 is 16.0 Å². The van der Waals surface area contributed by atoms with Crippen LogP contribution in [-0.4, -0.2) is 74.4 Å². The number of carbonyl (C=O) groups is 7. The predicted molar refractivity (Wildman–Crippen MR) is 240 cm³/mol. The van der Waals surface area contributed by atoms with Crippen molar-refractivity contribution in [3.8, 4) is 11.8 Å². The quantitative estimate of drug-likeness (QED) is 0.0436. The number of hydrogen-bond acceptors (Lipinski definition) is 8. The Hall–Kier alpha value is -7.45. The Morgan fingerprint density at radius 3 is 2.42 bits per heavy atom. The van der Waals surface area contributed by atoms with E-state index in [-0.39, 0.29) is 77.8 Å². The lowest BCUT2D eigenvalue weighted by molar-refractivity contribution is -0.137. The van der Waals surface area contributed by atoms with Crippen molar-refractivity contribution >= 4 is 69.6 Å². The number of anilines is 1. The zero-order valence-corrected chi connectivity index (χ0v) is 37.5. The van der Waals surface area contributed by atoms with Crippen LogP contribution in [0.3, 0.4) is 0 Å². The van der Waals surface area contributed by atoms with Gasteiger partial charge in [-0.05, 0) is 99.8 Å². The molecule has 0 aliphatic carbocycles. The molecular weight excluding hydrogens is 893 g/mol. The van der Waals surface area contributed by atoms with Crippen molar-refractivity contribution in [3.63, 3.8) is 0 Å². The standard InChI is InChI=1S/C49H44ClF3N6O8/c1-5-67-48(66)42-40(32-17-16-29(50)23-36(32)55-42)43(45(63)57-49(2,3)4)59(24-26-20-34(51)41(53)35(52)21-26)46(64)28-12-8-13-30(22-28)54-38(60)15-7-6-10-27-11-9-14-31-33(27)25-58(47(31)65)37-18-19-39(61)56-44(37)62/h8-9,11-14,16-17,20-23,37,43,55H,5,7,15,18-19,24-25H2,1-4H3,(H,54,60)(H,57,63)(H,56,61,62). The third-order valence-corrected chi connectivity index (χ3v) is 11.2. The first kappa shape index (κ1) is 47.5. The SMILES string of the molecule is CCOC(=O)c1[nH]c2cc(Cl)ccc2c1C(C(=O)NC(C)(C)C)N(Cc1cc(F)c(F)c(F)c1)C(=O)c1cccc(NC(=O)CCC#Cc2cccc3c2CN(C2CCC(=O)NC2=O)C3=O)c1. The van der Waals surface area contributed by atoms with Gasteiger partial charge in [0, 0.05) is 81.8 Å². The smallest absolute Gasteiger partial charge is 0.355 e. The Bertz CT molecular complexity index is 2910. The first-order valence-electron chi connectivity index (χ1n) is 21.2. The summed E-state index contributed by atoms with van der Waals surface area (Å²) in [7, 11) is 0. The predicted octanol–water partition coefficient (Wildman–Crippen LogP) is 7.25. The van der Waals surface area contributed by atoms with Crippen molar-refractivity contribution in [3.05, 3.63) is 134 Å². The number of nitrogens with zero attached hydrogens (tertiary/aromatic N) is 2. The van der Waals surface area contributed by atoms with Crippen LogP contribution in [0.1, 0.15) is 113 Å². The van der Waals surface area contributed by atoms with E-state index in [9.17, 15) is 46.7 Å². The Balaban J connectivity index is 1.17. The van der Waals surface area contributed by atoms with Gasteiger partial charge in [0.2, 0.25) is 23.6 Å². The van der Waals surface area contributed by atoms with Crippen LogP contribution in [0.2, 0.25) is 5.02 Å². The van der Waals surface area contributed by atoms with E-state index in [1.807, 2.05) is 0 Å². The van der Waals surface area contributed by atoms with Crippen LogP contribution >= 0.6 is 11.6 Å². The molecule has 4 aromatic carbocycles. The topological polar surface area (TPSA) is 187 Å². The van der Waals surface area contributed by atoms with Gasteiger partial charge >= 0.3 is 5.97 Å². The number of benzene rings is 4. The summed E-state index contributed by atoms with van der Waals surface area (Å²) in [5.41, 5.74) is 0.582. The van der Waals surface area contributed by atoms with Crippen LogP contribution in [0, 0.1) is 29.3 Å². The molecule has 18 heteroatoms. The third-order valence-electron chi connectivity index (χ3n) is 10.9. The maximum Gasteiger partial charge on any atom is 0.355 e. The van der Waals surface area contributed by atoms with Gasteiger partial charge in [-0.25, -0.2) is 18.0 Å². The number of amides is 6. The minimum atomic E-state index is -1.74. The Kier molecular flexibility index (Phi) is 13.9. The van der Waals surface area contributed by atoms with E-state index in [0.717, 1.165) is 4.90 Å². The average molecular weight is 937 g/mol. The number of piperidine rings is 1. The van der Waals surface area contributed by atoms with Crippen molar-refractivity contribution in [2.24, 2.45) is 0 Å². The van der Waals surface area contributed by atoms with E-state index in [1.165, 1.54) is 47.4 Å². The molecule has 1 aromatic heterocycles. The van der Waals surface area contributed by atoms with Crippen LogP contribution in [0.5, 0.6) is 0 Å². The molecule has 346 valence electrons. The number of fused-ring (bicyclic) bond motifs is 2. The number of aromatic amines is 1. The number of imide groups is 1. The van der Waals surface area contributed by atoms with Crippen LogP contribution in [0.4, 0.5) is 18.9 Å². The van der Waals surface area contributed by atoms with E-state index < -0.39 is 77.1 Å². The molecule has 14 nitrogen and oxygen atoms in total. The van der Waals surface area contributed by atoms with Gasteiger partial charge in [0.15, 0.2) is 17.5 Å². The first-order chi connectivity index (χ1) is 31.8. The number of halogens is 4. The fourth-order valence-corrected chi connectivity index (χ4v) is 8.21. The lowest BCUT2D eigenvalue weighted by atomic mass is 9.96. The fraction of sp³-hybridized carbons (Fsp3) is 0.286. The number of H-pyrrole nitrogens is 1. The monoisotopic (exact) mass is 936 g/mol. The Labute approximate surface area is 387 Å². The highest BCUT2D eigenvalue weighted by Gasteiger charge is 2.41. The van der Waals surface area contributed by atoms with Crippen LogP contribution in [0.15, 0.2) is 72.8 Å². The molecule has 2 aliphatic heterocycles. The lowest BCUT2D eigenvalue weighted by Crippen LogP contribution is -2.52. The van der Waals surface area contributed by atoms with Crippen molar-refractivity contribution in [2.45, 2.75) is 84.1 Å². The molecule has 7 rings (SSSR count). The molecular formula is C49H44ClF3N6O8. The summed E-state index contributed by atoms with van der Waals surface area (Å²) in [6.07, 6.45) is 0.319. The van der Waals surface area contributed by atoms with Gasteiger partial charge in [-0.1, -0.05) is 41.6 Å². The van der Waals surface area contributed by atoms with E-state index in [0.29, 0.717) is 39.7 Å². The van der Waals surface area contributed by atoms with Crippen molar-refractivity contribution < 1.29 is 51.5 Å². The van der Waals surface area contributed by atoms with Gasteiger partial charge in [-0.15, -0.1) is 0 Å². The normalized spacial score (nSPS) is 15.0. The summed E-state index contributed by atoms with van der Waals surface area (Å²) < 4.78 is 49.1. The van der Waals surface area contributed by atoms with Gasteiger partial charge in [0.25, 0.3) is 11.8 Å². The van der Waals surface area contributed by atoms with Crippen LogP contribution in [0.25, 0.3) is 10.9 Å². The zero-order valence-electron chi connectivity index (χ0n) is 36.7. The number of carbonyl (C=O) groups excluding carboxylic acids is 7. The first-order valence-corrected chi connectivity index (χ1v) is 21.6. The minimum absolute atomic E-state index is 0.0208. The van der Waals surface area contributed by atoms with Gasteiger partial charge in [-0.2, -0.15) is 0 Å². The summed E-state index contributed by atoms with van der Waals surface area (Å²) >= 11 is 6.31. The molecule has 0 spiro atoms. The molecule has 2 aliphatic rings. The highest BCUT2D eigenvalue weighted by atomic mass is 35.5. The summed E-state index contributed by atoms with van der Waals surface area (Å²) in [5.74, 6) is -3.16. The molecule has 3 heterocycles. The molecule has 1 saturated heterocycles. The molecule has 0 bridgehead atoms. The summed E-state index contributed by atoms with van der Waals surface area (Å²) in [6, 6.07) is 14.2. The second kappa shape index (κ2) is 19.6. The molecule has 4 N–H and O–H groups in total. The number of ether oxygens (including phenoxy) is 1. The Morgan fingerprint density at radius 1 is 0.985 bits per heavy atom. The van der Waals surface area contributed by atoms with E-state index in [1.54, 1.807) is 45.9 Å². The minimum Gasteiger partial charge on any atom is -0.461 e. The number of nitrogens with one attached hydrogen (secondary N) is 4. The molecule has 0 saturated carbocycles. The number of hydrogen-bond donors (Lipinski definition) is 4. The molecule has 2 atom stereocenters. The maximum absolute atomic E-state index is 15.0. The number of aromatic nitrogens is 1. The van der Waals surface area contributed by atoms with Gasteiger partial charge in [0.1, 0.15) is 17.8 Å². The fourth-order valence-electron chi connectivity index (χ4n) is 8.04. The zero-order chi connectivity index (χ0) is 48.3. The highest BCUT2D eigenvalue weighted by Crippen LogP contribution is 2.37. The highest BCUT2D eigenvalue weighted by molar-refractivity contribution is 6.31. The molecule has 5 aromatic rings. The number of rotatable bonds is 12. The Morgan fingerprint density at radius 2 is 1.72 bits per heavy atom. The van der Waals surface area contributed by atoms with Crippen molar-refractivity contribution in [2.75, 3.05) is 11.9 Å². The molecule has 2 unspecified atom stereocenters. The van der Waals surface area contributed by atoms with E-state index in [4.69, 9.17) is 16.3 Å². The lowest BCUT2D eigenvalue weighted by Gasteiger charge is -2.34.